The minimum atomic E-state index is -1.86. The first-order valence-electron chi connectivity index (χ1n) is 9.01. The largest absolute Gasteiger partial charge is 0.168 e. The molecule has 0 aliphatic rings. The Morgan fingerprint density at radius 3 is 1.29 bits per heavy atom. The van der Waals surface area contributed by atoms with E-state index >= 15 is 0 Å². The summed E-state index contributed by atoms with van der Waals surface area (Å²) in [6, 6.07) is 4.80. The highest BCUT2D eigenvalue weighted by Crippen LogP contribution is 2.62. The van der Waals surface area contributed by atoms with Gasteiger partial charge in [-0.15, -0.1) is 0 Å². The van der Waals surface area contributed by atoms with E-state index in [0.29, 0.717) is 0 Å². The van der Waals surface area contributed by atoms with Crippen LogP contribution in [0.4, 0.5) is 0 Å². The van der Waals surface area contributed by atoms with Crippen molar-refractivity contribution in [2.24, 2.45) is 0 Å². The topological polar surface area (TPSA) is 0 Å². The molecule has 1 aromatic carbocycles. The fraction of sp³-hybridized carbons (Fsp3) is 0.667. The molecule has 0 amide bonds. The van der Waals surface area contributed by atoms with Gasteiger partial charge >= 0.3 is 0 Å². The van der Waals surface area contributed by atoms with E-state index in [0.717, 1.165) is 0 Å². The second kappa shape index (κ2) is 7.09. The number of halogens is 1. The van der Waals surface area contributed by atoms with Crippen LogP contribution in [-0.2, 0) is 0 Å². The lowest BCUT2D eigenvalue weighted by atomic mass is 10.1. The van der Waals surface area contributed by atoms with E-state index in [2.05, 4.69) is 91.8 Å². The van der Waals surface area contributed by atoms with Gasteiger partial charge in [-0.25, -0.2) is 0 Å². The molecule has 0 saturated carbocycles. The van der Waals surface area contributed by atoms with Crippen LogP contribution < -0.4 is 5.30 Å². The summed E-state index contributed by atoms with van der Waals surface area (Å²) in [5.41, 5.74) is 4.41. The van der Waals surface area contributed by atoms with E-state index in [1.165, 1.54) is 16.7 Å². The van der Waals surface area contributed by atoms with Crippen molar-refractivity contribution in [3.05, 3.63) is 28.8 Å². The van der Waals surface area contributed by atoms with Gasteiger partial charge in [-0.1, -0.05) is 83.6 Å². The number of aryl methyl sites for hydroxylation is 3. The van der Waals surface area contributed by atoms with Crippen LogP contribution in [0.15, 0.2) is 12.1 Å². The molecule has 1 unspecified atom stereocenters. The molecule has 1 atom stereocenters. The summed E-state index contributed by atoms with van der Waals surface area (Å²) in [6.07, 6.45) is -1.86. The Kier molecular flexibility index (Phi) is 6.75. The van der Waals surface area contributed by atoms with Crippen molar-refractivity contribution in [3.8, 4) is 0 Å². The molecule has 1 rings (SSSR count). The Bertz CT molecular complexity index is 572. The SMILES string of the molecule is Cc1cc(C)c(P([Si](C)(C)C)[Si](Cl)([Si](C)(C)C)[Si](C)(C)C)c(C)c1. The zero-order valence-corrected chi connectivity index (χ0v) is 23.6. The van der Waals surface area contributed by atoms with E-state index in [1.807, 2.05) is 0 Å². The van der Waals surface area contributed by atoms with Gasteiger partial charge in [-0.05, 0) is 37.2 Å². The van der Waals surface area contributed by atoms with E-state index < -0.39 is 29.0 Å². The van der Waals surface area contributed by atoms with Crippen LogP contribution >= 0.6 is 18.1 Å². The molecule has 1 aromatic rings. The molecule has 0 bridgehead atoms. The number of hydrogen-bond acceptors (Lipinski definition) is 0. The average molecular weight is 433 g/mol. The molecule has 138 valence electrons. The van der Waals surface area contributed by atoms with Crippen LogP contribution in [0.5, 0.6) is 0 Å². The lowest BCUT2D eigenvalue weighted by molar-refractivity contribution is 1.36. The Morgan fingerprint density at radius 2 is 1.04 bits per heavy atom. The Morgan fingerprint density at radius 1 is 0.708 bits per heavy atom. The van der Waals surface area contributed by atoms with Crippen molar-refractivity contribution in [1.82, 2.24) is 0 Å². The van der Waals surface area contributed by atoms with Crippen molar-refractivity contribution in [2.75, 3.05) is 0 Å². The maximum atomic E-state index is 7.99. The van der Waals surface area contributed by atoms with Gasteiger partial charge in [0, 0.05) is 0 Å². The first kappa shape index (κ1) is 22.8. The lowest BCUT2D eigenvalue weighted by Gasteiger charge is -2.54. The van der Waals surface area contributed by atoms with Gasteiger partial charge in [0.25, 0.3) is 0 Å². The molecule has 0 nitrogen and oxygen atoms in total. The summed E-state index contributed by atoms with van der Waals surface area (Å²) in [7, 11) is -4.47. The first-order valence-corrected chi connectivity index (χ1v) is 27.6. The fourth-order valence-corrected chi connectivity index (χ4v) is 116. The highest BCUT2D eigenvalue weighted by Gasteiger charge is 2.62. The minimum absolute atomic E-state index is 0.206. The highest BCUT2D eigenvalue weighted by atomic mass is 35.6. The van der Waals surface area contributed by atoms with Gasteiger partial charge in [0.2, 0.25) is 0 Å². The zero-order chi connectivity index (χ0) is 19.3. The Balaban J connectivity index is 3.90. The summed E-state index contributed by atoms with van der Waals surface area (Å²) in [6.45, 7) is 30.1. The molecular weight excluding hydrogens is 395 g/mol. The molecule has 0 fully saturated rings. The quantitative estimate of drug-likeness (QED) is 0.265. The third kappa shape index (κ3) is 4.20. The second-order valence-electron chi connectivity index (χ2n) is 10.4. The molecule has 0 aromatic heterocycles. The smallest absolute Gasteiger partial charge is 0.162 e. The molecule has 0 radical (unpaired) electrons. The summed E-state index contributed by atoms with van der Waals surface area (Å²) < 4.78 is 0. The highest BCUT2D eigenvalue weighted by molar-refractivity contribution is 8.41. The van der Waals surface area contributed by atoms with Crippen LogP contribution in [0.1, 0.15) is 16.7 Å². The predicted octanol–water partition coefficient (Wildman–Crippen LogP) is 7.07. The molecule has 24 heavy (non-hydrogen) atoms. The maximum Gasteiger partial charge on any atom is 0.162 e. The molecule has 0 N–H and O–H groups in total. The van der Waals surface area contributed by atoms with Crippen molar-refractivity contribution < 1.29 is 0 Å². The number of rotatable bonds is 5. The van der Waals surface area contributed by atoms with Crippen LogP contribution in [0.25, 0.3) is 0 Å². The van der Waals surface area contributed by atoms with Crippen molar-refractivity contribution in [3.63, 3.8) is 0 Å². The maximum absolute atomic E-state index is 7.99. The van der Waals surface area contributed by atoms with E-state index in [4.69, 9.17) is 11.1 Å². The van der Waals surface area contributed by atoms with Gasteiger partial charge in [0.1, 0.15) is 0 Å². The predicted molar refractivity (Wildman–Crippen MR) is 129 cm³/mol. The molecular formula is C18H38ClPSi4. The molecule has 0 heterocycles. The summed E-state index contributed by atoms with van der Waals surface area (Å²) in [5.74, 6) is 0. The van der Waals surface area contributed by atoms with E-state index in [9.17, 15) is 0 Å². The fourth-order valence-electron chi connectivity index (χ4n) is 4.27. The average Bonchev–Trinajstić information content (AvgIpc) is 2.28. The van der Waals surface area contributed by atoms with Crippen LogP contribution in [0, 0.1) is 20.8 Å². The standard InChI is InChI=1S/C18H38ClPSi4/c1-15-13-16(2)18(17(3)14-15)20(21(4,5)6)24(19,22(7,8)9)23(10,11)12/h13-14H,1-12H3. The van der Waals surface area contributed by atoms with Gasteiger partial charge in [0.05, 0.1) is 22.9 Å². The number of hydrogen-bond donors (Lipinski definition) is 0. The van der Waals surface area contributed by atoms with Gasteiger partial charge in [-0.2, -0.15) is 11.1 Å². The van der Waals surface area contributed by atoms with Crippen molar-refractivity contribution >= 4 is 52.4 Å². The molecule has 0 spiro atoms. The van der Waals surface area contributed by atoms with Crippen LogP contribution in [0.2, 0.25) is 58.9 Å². The van der Waals surface area contributed by atoms with Gasteiger partial charge in [0.15, 0.2) is 6.09 Å². The Hall–Kier alpha value is 0.808. The first-order chi connectivity index (χ1) is 10.4. The zero-order valence-electron chi connectivity index (χ0n) is 18.0. The van der Waals surface area contributed by atoms with Gasteiger partial charge < -0.3 is 0 Å². The number of benzene rings is 1. The van der Waals surface area contributed by atoms with Crippen molar-refractivity contribution in [2.45, 2.75) is 79.7 Å². The Labute approximate surface area is 160 Å². The monoisotopic (exact) mass is 432 g/mol. The lowest BCUT2D eigenvalue weighted by Crippen LogP contribution is -2.70. The van der Waals surface area contributed by atoms with Crippen molar-refractivity contribution in [1.29, 1.82) is 0 Å². The second-order valence-corrected chi connectivity index (χ2v) is 58.1. The van der Waals surface area contributed by atoms with Crippen LogP contribution in [0.3, 0.4) is 0 Å². The van der Waals surface area contributed by atoms with E-state index in [1.54, 1.807) is 5.30 Å². The normalized spacial score (nSPS) is 15.5. The molecule has 0 aliphatic carbocycles. The molecule has 6 heteroatoms. The third-order valence-electron chi connectivity index (χ3n) is 4.83. The summed E-state index contributed by atoms with van der Waals surface area (Å²) >= 11 is 7.99. The summed E-state index contributed by atoms with van der Waals surface area (Å²) in [4.78, 5) is 0. The van der Waals surface area contributed by atoms with E-state index in [-0.39, 0.29) is 7.02 Å². The molecule has 0 saturated heterocycles. The van der Waals surface area contributed by atoms with Crippen LogP contribution in [-0.4, -0.2) is 29.0 Å². The van der Waals surface area contributed by atoms with Gasteiger partial charge in [-0.3, -0.25) is 0 Å². The molecule has 0 aliphatic heterocycles. The minimum Gasteiger partial charge on any atom is -0.168 e. The third-order valence-corrected chi connectivity index (χ3v) is 86.7. The summed E-state index contributed by atoms with van der Waals surface area (Å²) in [5, 5.41) is 1.70.